The van der Waals surface area contributed by atoms with Gasteiger partial charge in [0.2, 0.25) is 0 Å². The van der Waals surface area contributed by atoms with E-state index in [1.807, 2.05) is 0 Å². The quantitative estimate of drug-likeness (QED) is 0.644. The van der Waals surface area contributed by atoms with Gasteiger partial charge in [-0.2, -0.15) is 26.3 Å². The molecule has 0 aromatic heterocycles. The maximum Gasteiger partial charge on any atom is 0.417 e. The summed E-state index contributed by atoms with van der Waals surface area (Å²) in [5.41, 5.74) is -6.04. The topological polar surface area (TPSA) is 57.6 Å². The van der Waals surface area contributed by atoms with Gasteiger partial charge in [-0.15, -0.1) is 0 Å². The van der Waals surface area contributed by atoms with E-state index in [1.54, 1.807) is 0 Å². The molecule has 1 N–H and O–H groups in total. The zero-order valence-electron chi connectivity index (χ0n) is 13.0. The highest BCUT2D eigenvalue weighted by molar-refractivity contribution is 6.20. The lowest BCUT2D eigenvalue weighted by Crippen LogP contribution is -2.40. The fourth-order valence-corrected chi connectivity index (χ4v) is 2.82. The van der Waals surface area contributed by atoms with Crippen LogP contribution in [0.15, 0.2) is 18.7 Å². The number of aliphatic carboxylic acids is 1. The Morgan fingerprint density at radius 1 is 1.19 bits per heavy atom. The molecule has 1 unspecified atom stereocenters. The summed E-state index contributed by atoms with van der Waals surface area (Å²) in [5, 5.41) is 9.06. The third-order valence-electron chi connectivity index (χ3n) is 3.95. The number of amides is 1. The minimum atomic E-state index is -5.42. The average Bonchev–Trinajstić information content (AvgIpc) is 3.00. The van der Waals surface area contributed by atoms with Crippen molar-refractivity contribution in [2.75, 3.05) is 6.54 Å². The molecular weight excluding hydrogens is 368 g/mol. The summed E-state index contributed by atoms with van der Waals surface area (Å²) in [5.74, 6) is -2.50. The predicted octanol–water partition coefficient (Wildman–Crippen LogP) is 3.61. The molecular formula is C16H12F6NO3. The second-order valence-electron chi connectivity index (χ2n) is 5.61. The van der Waals surface area contributed by atoms with Crippen LogP contribution in [0.1, 0.15) is 29.5 Å². The summed E-state index contributed by atoms with van der Waals surface area (Å²) in [4.78, 5) is 24.3. The molecule has 0 aliphatic carbocycles. The van der Waals surface area contributed by atoms with Crippen molar-refractivity contribution in [3.05, 3.63) is 41.5 Å². The van der Waals surface area contributed by atoms with Crippen molar-refractivity contribution in [2.24, 2.45) is 0 Å². The Labute approximate surface area is 143 Å². The number of hydrogen-bond donors (Lipinski definition) is 1. The number of halogens is 6. The van der Waals surface area contributed by atoms with Crippen LogP contribution in [0.5, 0.6) is 0 Å². The molecule has 0 bridgehead atoms. The first-order valence-corrected chi connectivity index (χ1v) is 7.27. The molecule has 1 aromatic carbocycles. The summed E-state index contributed by atoms with van der Waals surface area (Å²) in [7, 11) is 0. The van der Waals surface area contributed by atoms with Crippen molar-refractivity contribution in [1.82, 2.24) is 4.90 Å². The molecule has 4 nitrogen and oxygen atoms in total. The van der Waals surface area contributed by atoms with E-state index in [4.69, 9.17) is 5.11 Å². The van der Waals surface area contributed by atoms with Gasteiger partial charge in [0.15, 0.2) is 0 Å². The van der Waals surface area contributed by atoms with Crippen molar-refractivity contribution in [2.45, 2.75) is 31.2 Å². The van der Waals surface area contributed by atoms with Gasteiger partial charge >= 0.3 is 18.3 Å². The fraction of sp³-hybridized carbons (Fsp3) is 0.375. The van der Waals surface area contributed by atoms with Crippen molar-refractivity contribution in [1.29, 1.82) is 0 Å². The van der Waals surface area contributed by atoms with E-state index in [0.29, 0.717) is 18.6 Å². The van der Waals surface area contributed by atoms with Crippen molar-refractivity contribution in [3.63, 3.8) is 0 Å². The highest BCUT2D eigenvalue weighted by Gasteiger charge is 2.46. The van der Waals surface area contributed by atoms with Gasteiger partial charge < -0.3 is 10.0 Å². The number of likely N-dealkylation sites (tertiary alicyclic amines) is 1. The number of carboxylic acids is 1. The number of carbonyl (C=O) groups excluding carboxylic acids is 1. The Morgan fingerprint density at radius 3 is 2.31 bits per heavy atom. The normalized spacial score (nSPS) is 18.1. The first-order chi connectivity index (χ1) is 11.9. The molecule has 1 atom stereocenters. The first-order valence-electron chi connectivity index (χ1n) is 7.27. The monoisotopic (exact) mass is 380 g/mol. The molecule has 1 aromatic rings. The van der Waals surface area contributed by atoms with E-state index in [-0.39, 0.29) is 13.0 Å². The predicted molar refractivity (Wildman–Crippen MR) is 76.7 cm³/mol. The molecule has 1 fully saturated rings. The molecule has 1 saturated heterocycles. The van der Waals surface area contributed by atoms with Gasteiger partial charge in [-0.3, -0.25) is 4.79 Å². The van der Waals surface area contributed by atoms with Crippen LogP contribution in [0.25, 0.3) is 5.57 Å². The summed E-state index contributed by atoms with van der Waals surface area (Å²) >= 11 is 0. The number of alkyl halides is 6. The van der Waals surface area contributed by atoms with Gasteiger partial charge in [-0.1, -0.05) is 18.7 Å². The van der Waals surface area contributed by atoms with Crippen LogP contribution in [0.3, 0.4) is 0 Å². The Bertz CT molecular complexity index is 753. The second-order valence-corrected chi connectivity index (χ2v) is 5.61. The molecule has 10 heteroatoms. The van der Waals surface area contributed by atoms with Crippen molar-refractivity contribution >= 4 is 17.4 Å². The zero-order chi connectivity index (χ0) is 19.9. The first kappa shape index (κ1) is 19.8. The number of hydrogen-bond acceptors (Lipinski definition) is 2. The van der Waals surface area contributed by atoms with E-state index in [9.17, 15) is 35.9 Å². The zero-order valence-corrected chi connectivity index (χ0v) is 13.0. The van der Waals surface area contributed by atoms with Gasteiger partial charge in [0.25, 0.3) is 5.91 Å². The van der Waals surface area contributed by atoms with E-state index in [0.717, 1.165) is 4.90 Å². The van der Waals surface area contributed by atoms with Gasteiger partial charge in [0.1, 0.15) is 6.04 Å². The summed E-state index contributed by atoms with van der Waals surface area (Å²) in [6.07, 6.45) is -10.4. The highest BCUT2D eigenvalue weighted by Crippen LogP contribution is 2.43. The lowest BCUT2D eigenvalue weighted by molar-refractivity contribution is -0.162. The van der Waals surface area contributed by atoms with Crippen LogP contribution in [0.2, 0.25) is 0 Å². The van der Waals surface area contributed by atoms with E-state index >= 15 is 0 Å². The highest BCUT2D eigenvalue weighted by atomic mass is 19.4. The van der Waals surface area contributed by atoms with Crippen LogP contribution in [-0.4, -0.2) is 34.5 Å². The third kappa shape index (κ3) is 3.68. The van der Waals surface area contributed by atoms with Crippen LogP contribution in [0.4, 0.5) is 26.3 Å². The van der Waals surface area contributed by atoms with Gasteiger partial charge in [-0.05, 0) is 24.5 Å². The summed E-state index contributed by atoms with van der Waals surface area (Å²) in [6.45, 7) is 3.15. The lowest BCUT2D eigenvalue weighted by Gasteiger charge is -2.24. The molecule has 1 heterocycles. The minimum Gasteiger partial charge on any atom is -0.480 e. The van der Waals surface area contributed by atoms with Crippen LogP contribution >= 0.6 is 0 Å². The standard InChI is InChI=1S/C16H12F6NO3/c1-8(13(24)23-7-3-6-11(23)14(25)26)9-4-2-5-10(15(17,18)19)12(9)16(20,21)22/h2,4,11H,1,3,6-7H2,(H,25,26). The molecule has 1 aliphatic rings. The van der Waals surface area contributed by atoms with Crippen molar-refractivity contribution < 1.29 is 41.0 Å². The molecule has 1 amide bonds. The Balaban J connectivity index is 2.53. The minimum absolute atomic E-state index is 0.0404. The fourth-order valence-electron chi connectivity index (χ4n) is 2.82. The summed E-state index contributed by atoms with van der Waals surface area (Å²) < 4.78 is 78.7. The molecule has 26 heavy (non-hydrogen) atoms. The van der Waals surface area contributed by atoms with E-state index < -0.39 is 52.5 Å². The molecule has 0 saturated carbocycles. The molecule has 141 valence electrons. The van der Waals surface area contributed by atoms with E-state index in [2.05, 4.69) is 6.58 Å². The average molecular weight is 380 g/mol. The molecule has 1 aliphatic heterocycles. The van der Waals surface area contributed by atoms with Crippen molar-refractivity contribution in [3.8, 4) is 0 Å². The lowest BCUT2D eigenvalue weighted by atomic mass is 9.94. The van der Waals surface area contributed by atoms with Gasteiger partial charge in [0.05, 0.1) is 11.1 Å². The van der Waals surface area contributed by atoms with Crippen LogP contribution in [-0.2, 0) is 21.9 Å². The van der Waals surface area contributed by atoms with Gasteiger partial charge in [-0.25, -0.2) is 4.79 Å². The largest absolute Gasteiger partial charge is 0.480 e. The SMILES string of the molecule is C=C(C(=O)N1CCCC1C(=O)O)c1cc[c]c(C(F)(F)F)c1C(F)(F)F. The number of carboxylic acid groups (broad SMARTS) is 1. The van der Waals surface area contributed by atoms with Crippen LogP contribution < -0.4 is 0 Å². The Hall–Kier alpha value is -2.52. The maximum atomic E-state index is 13.3. The van der Waals surface area contributed by atoms with Crippen LogP contribution in [0, 0.1) is 6.07 Å². The number of nitrogens with zero attached hydrogens (tertiary/aromatic N) is 1. The second kappa shape index (κ2) is 6.65. The Kier molecular flexibility index (Phi) is 5.07. The molecule has 1 radical (unpaired) electrons. The van der Waals surface area contributed by atoms with E-state index in [1.165, 1.54) is 6.07 Å². The molecule has 0 spiro atoms. The van der Waals surface area contributed by atoms with Gasteiger partial charge in [0, 0.05) is 12.1 Å². The summed E-state index contributed by atoms with van der Waals surface area (Å²) in [6, 6.07) is 1.52. The smallest absolute Gasteiger partial charge is 0.417 e. The maximum absolute atomic E-state index is 13.3. The molecule has 2 rings (SSSR count). The number of benzene rings is 1. The number of carbonyl (C=O) groups is 2. The Morgan fingerprint density at radius 2 is 1.81 bits per heavy atom. The third-order valence-corrected chi connectivity index (χ3v) is 3.95. The number of rotatable bonds is 3.